The summed E-state index contributed by atoms with van der Waals surface area (Å²) in [5, 5.41) is 6.96. The number of para-hydroxylation sites is 1. The second-order valence-corrected chi connectivity index (χ2v) is 5.03. The van der Waals surface area contributed by atoms with Crippen molar-refractivity contribution in [3.63, 3.8) is 0 Å². The summed E-state index contributed by atoms with van der Waals surface area (Å²) in [6.07, 6.45) is 6.58. The third-order valence-electron chi connectivity index (χ3n) is 2.80. The maximum absolute atomic E-state index is 11.7. The van der Waals surface area contributed by atoms with Gasteiger partial charge in [0, 0.05) is 16.3 Å². The average molecular weight is 343 g/mol. The van der Waals surface area contributed by atoms with Crippen LogP contribution in [0.3, 0.4) is 0 Å². The molecule has 2 aromatic carbocycles. The van der Waals surface area contributed by atoms with Crippen LogP contribution < -0.4 is 10.1 Å². The van der Waals surface area contributed by atoms with E-state index in [0.717, 1.165) is 0 Å². The highest BCUT2D eigenvalue weighted by molar-refractivity contribution is 6.30. The van der Waals surface area contributed by atoms with E-state index in [0.29, 0.717) is 22.0 Å². The van der Waals surface area contributed by atoms with Gasteiger partial charge in [-0.05, 0) is 30.3 Å². The Kier molecular flexibility index (Phi) is 6.69. The van der Waals surface area contributed by atoms with Crippen LogP contribution in [0.1, 0.15) is 5.56 Å². The lowest BCUT2D eigenvalue weighted by Gasteiger charge is -2.06. The highest BCUT2D eigenvalue weighted by Gasteiger charge is 2.04. The lowest BCUT2D eigenvalue weighted by Crippen LogP contribution is -2.16. The minimum absolute atomic E-state index is 0.128. The van der Waals surface area contributed by atoms with Crippen LogP contribution in [0.4, 0.5) is 5.69 Å². The predicted molar refractivity (Wildman–Crippen MR) is 94.4 cm³/mol. The Morgan fingerprint density at radius 3 is 2.83 bits per heavy atom. The minimum Gasteiger partial charge on any atom is -0.480 e. The van der Waals surface area contributed by atoms with Crippen LogP contribution in [0.5, 0.6) is 5.75 Å². The molecule has 0 aliphatic heterocycles. The fraction of sp³-hybridized carbons (Fsp3) is 0.111. The maximum Gasteiger partial charge on any atom is 0.265 e. The number of terminal acetylenes is 1. The Morgan fingerprint density at radius 2 is 2.08 bits per heavy atom. The molecule has 0 heterocycles. The second-order valence-electron chi connectivity index (χ2n) is 4.60. The molecule has 5 nitrogen and oxygen atoms in total. The zero-order valence-corrected chi connectivity index (χ0v) is 13.5. The molecule has 2 rings (SSSR count). The van der Waals surface area contributed by atoms with Gasteiger partial charge >= 0.3 is 0 Å². The van der Waals surface area contributed by atoms with Gasteiger partial charge in [0.1, 0.15) is 12.4 Å². The van der Waals surface area contributed by atoms with Crippen molar-refractivity contribution in [2.24, 2.45) is 5.16 Å². The van der Waals surface area contributed by atoms with Gasteiger partial charge < -0.3 is 14.9 Å². The maximum atomic E-state index is 11.7. The lowest BCUT2D eigenvalue weighted by atomic mass is 10.2. The Balaban J connectivity index is 1.88. The Hall–Kier alpha value is -2.97. The number of benzene rings is 2. The zero-order chi connectivity index (χ0) is 17.2. The molecule has 2 aromatic rings. The Bertz CT molecular complexity index is 755. The third-order valence-corrected chi connectivity index (χ3v) is 3.04. The van der Waals surface area contributed by atoms with Crippen LogP contribution in [-0.4, -0.2) is 25.3 Å². The molecule has 0 unspecified atom stereocenters. The van der Waals surface area contributed by atoms with Crippen LogP contribution in [0, 0.1) is 12.3 Å². The van der Waals surface area contributed by atoms with E-state index < -0.39 is 0 Å². The van der Waals surface area contributed by atoms with E-state index in [1.165, 1.54) is 6.21 Å². The molecule has 1 amide bonds. The number of ether oxygens (including phenoxy) is 1. The van der Waals surface area contributed by atoms with Gasteiger partial charge in [0.15, 0.2) is 6.61 Å². The number of carbonyl (C=O) groups excluding carboxylic acids is 1. The van der Waals surface area contributed by atoms with Crippen molar-refractivity contribution in [2.45, 2.75) is 0 Å². The molecular formula is C18H15ClN2O3. The van der Waals surface area contributed by atoms with E-state index in [2.05, 4.69) is 16.4 Å². The standard InChI is InChI=1S/C18H15ClN2O3/c1-2-10-23-17-9-8-15(19)11-14(17)12-20-24-13-18(22)21-16-6-4-3-5-7-16/h1,3-9,11-12H,10,13H2,(H,21,22)/b20-12+. The van der Waals surface area contributed by atoms with Crippen LogP contribution in [0.25, 0.3) is 0 Å². The molecular weight excluding hydrogens is 328 g/mol. The van der Waals surface area contributed by atoms with E-state index in [4.69, 9.17) is 27.6 Å². The van der Waals surface area contributed by atoms with Crippen LogP contribution in [0.2, 0.25) is 5.02 Å². The van der Waals surface area contributed by atoms with Gasteiger partial charge in [-0.2, -0.15) is 0 Å². The number of anilines is 1. The van der Waals surface area contributed by atoms with Crippen molar-refractivity contribution in [3.8, 4) is 18.1 Å². The van der Waals surface area contributed by atoms with Gasteiger partial charge in [-0.25, -0.2) is 0 Å². The molecule has 0 aliphatic rings. The number of hydrogen-bond acceptors (Lipinski definition) is 4. The number of nitrogens with one attached hydrogen (secondary N) is 1. The third kappa shape index (κ3) is 5.67. The monoisotopic (exact) mass is 342 g/mol. The number of hydrogen-bond donors (Lipinski definition) is 1. The highest BCUT2D eigenvalue weighted by atomic mass is 35.5. The molecule has 0 aromatic heterocycles. The summed E-state index contributed by atoms with van der Waals surface area (Å²) in [7, 11) is 0. The van der Waals surface area contributed by atoms with Crippen molar-refractivity contribution in [3.05, 3.63) is 59.1 Å². The number of halogens is 1. The predicted octanol–water partition coefficient (Wildman–Crippen LogP) is 3.34. The van der Waals surface area contributed by atoms with Crippen molar-refractivity contribution < 1.29 is 14.4 Å². The van der Waals surface area contributed by atoms with Gasteiger partial charge in [-0.15, -0.1) is 6.42 Å². The number of amides is 1. The first kappa shape index (κ1) is 17.4. The van der Waals surface area contributed by atoms with E-state index in [-0.39, 0.29) is 19.1 Å². The normalized spacial score (nSPS) is 10.2. The van der Waals surface area contributed by atoms with Gasteiger partial charge in [-0.1, -0.05) is 40.9 Å². The summed E-state index contributed by atoms with van der Waals surface area (Å²) in [5.74, 6) is 2.59. The summed E-state index contributed by atoms with van der Waals surface area (Å²) in [4.78, 5) is 16.7. The van der Waals surface area contributed by atoms with E-state index in [9.17, 15) is 4.79 Å². The molecule has 0 bridgehead atoms. The molecule has 24 heavy (non-hydrogen) atoms. The summed E-state index contributed by atoms with van der Waals surface area (Å²) >= 11 is 5.94. The Labute approximate surface area is 145 Å². The van der Waals surface area contributed by atoms with Gasteiger partial charge in [0.2, 0.25) is 0 Å². The first-order chi connectivity index (χ1) is 11.7. The molecule has 122 valence electrons. The quantitative estimate of drug-likeness (QED) is 0.477. The van der Waals surface area contributed by atoms with E-state index in [1.807, 2.05) is 18.2 Å². The SMILES string of the molecule is C#CCOc1ccc(Cl)cc1/C=N/OCC(=O)Nc1ccccc1. The molecule has 6 heteroatoms. The van der Waals surface area contributed by atoms with Gasteiger partial charge in [0.25, 0.3) is 5.91 Å². The molecule has 1 N–H and O–H groups in total. The van der Waals surface area contributed by atoms with Crippen molar-refractivity contribution in [1.29, 1.82) is 0 Å². The number of rotatable bonds is 7. The fourth-order valence-electron chi connectivity index (χ4n) is 1.78. The minimum atomic E-state index is -0.312. The number of nitrogens with zero attached hydrogens (tertiary/aromatic N) is 1. The first-order valence-corrected chi connectivity index (χ1v) is 7.43. The summed E-state index contributed by atoms with van der Waals surface area (Å²) < 4.78 is 5.38. The van der Waals surface area contributed by atoms with Crippen LogP contribution >= 0.6 is 11.6 Å². The van der Waals surface area contributed by atoms with E-state index >= 15 is 0 Å². The van der Waals surface area contributed by atoms with Crippen LogP contribution in [0.15, 0.2) is 53.7 Å². The molecule has 0 fully saturated rings. The molecule has 0 saturated heterocycles. The smallest absolute Gasteiger partial charge is 0.265 e. The number of carbonyl (C=O) groups is 1. The highest BCUT2D eigenvalue weighted by Crippen LogP contribution is 2.21. The van der Waals surface area contributed by atoms with Crippen molar-refractivity contribution >= 4 is 29.4 Å². The number of oxime groups is 1. The van der Waals surface area contributed by atoms with Crippen molar-refractivity contribution in [1.82, 2.24) is 0 Å². The molecule has 0 radical (unpaired) electrons. The van der Waals surface area contributed by atoms with Crippen LogP contribution in [-0.2, 0) is 9.63 Å². The zero-order valence-electron chi connectivity index (χ0n) is 12.7. The van der Waals surface area contributed by atoms with Gasteiger partial charge in [0.05, 0.1) is 6.21 Å². The molecule has 0 aliphatic carbocycles. The topological polar surface area (TPSA) is 59.9 Å². The first-order valence-electron chi connectivity index (χ1n) is 7.05. The van der Waals surface area contributed by atoms with E-state index in [1.54, 1.807) is 30.3 Å². The summed E-state index contributed by atoms with van der Waals surface area (Å²) in [6.45, 7) is -0.0880. The summed E-state index contributed by atoms with van der Waals surface area (Å²) in [5.41, 5.74) is 1.29. The Morgan fingerprint density at radius 1 is 1.29 bits per heavy atom. The lowest BCUT2D eigenvalue weighted by molar-refractivity contribution is -0.120. The molecule has 0 spiro atoms. The fourth-order valence-corrected chi connectivity index (χ4v) is 1.96. The second kappa shape index (κ2) is 9.23. The van der Waals surface area contributed by atoms with Gasteiger partial charge in [-0.3, -0.25) is 4.79 Å². The average Bonchev–Trinajstić information content (AvgIpc) is 2.59. The molecule has 0 atom stereocenters. The van der Waals surface area contributed by atoms with Crippen molar-refractivity contribution in [2.75, 3.05) is 18.5 Å². The molecule has 0 saturated carbocycles. The largest absolute Gasteiger partial charge is 0.480 e. The summed E-state index contributed by atoms with van der Waals surface area (Å²) in [6, 6.07) is 14.1.